The van der Waals surface area contributed by atoms with E-state index in [1.54, 1.807) is 6.07 Å². The van der Waals surface area contributed by atoms with Gasteiger partial charge in [-0.1, -0.05) is 6.07 Å². The molecule has 1 amide bonds. The van der Waals surface area contributed by atoms with Crippen molar-refractivity contribution in [2.75, 3.05) is 3.93 Å². The van der Waals surface area contributed by atoms with Gasteiger partial charge in [-0.25, -0.2) is 3.93 Å². The molecule has 0 spiro atoms. The summed E-state index contributed by atoms with van der Waals surface area (Å²) in [5.74, 6) is -0.343. The van der Waals surface area contributed by atoms with Crippen molar-refractivity contribution in [3.05, 3.63) is 32.8 Å². The number of nitrogens with zero attached hydrogens (tertiary/aromatic N) is 2. The lowest BCUT2D eigenvalue weighted by Crippen LogP contribution is -2.17. The number of benzene rings is 1. The van der Waals surface area contributed by atoms with E-state index in [0.717, 1.165) is 3.93 Å². The molecule has 0 saturated carbocycles. The van der Waals surface area contributed by atoms with Gasteiger partial charge in [0, 0.05) is 17.5 Å². The maximum Gasteiger partial charge on any atom is 0.294 e. The number of halogens is 2. The van der Waals surface area contributed by atoms with Gasteiger partial charge in [0.2, 0.25) is 5.91 Å². The van der Waals surface area contributed by atoms with Gasteiger partial charge in [0.25, 0.3) is 5.69 Å². The Morgan fingerprint density at radius 3 is 2.60 bits per heavy atom. The summed E-state index contributed by atoms with van der Waals surface area (Å²) in [6.45, 7) is 1.30. The average Bonchev–Trinajstić information content (AvgIpc) is 2.16. The molecule has 7 heteroatoms. The summed E-state index contributed by atoms with van der Waals surface area (Å²) in [5, 5.41) is 10.7. The van der Waals surface area contributed by atoms with Crippen LogP contribution in [0.2, 0.25) is 0 Å². The second-order valence-corrected chi connectivity index (χ2v) is 4.23. The molecule has 0 fully saturated rings. The van der Waals surface area contributed by atoms with E-state index in [1.807, 2.05) is 0 Å². The molecule has 15 heavy (non-hydrogen) atoms. The maximum atomic E-state index is 11.1. The molecule has 0 radical (unpaired) electrons. The highest BCUT2D eigenvalue weighted by atomic mass is 79.9. The fraction of sp³-hybridized carbons (Fsp3) is 0.125. The van der Waals surface area contributed by atoms with E-state index in [1.165, 1.54) is 19.1 Å². The van der Waals surface area contributed by atoms with E-state index in [2.05, 4.69) is 32.1 Å². The number of rotatable bonds is 2. The van der Waals surface area contributed by atoms with Crippen LogP contribution < -0.4 is 3.93 Å². The Morgan fingerprint density at radius 2 is 2.13 bits per heavy atom. The van der Waals surface area contributed by atoms with Crippen LogP contribution in [0.5, 0.6) is 0 Å². The number of nitro groups is 1. The number of anilines is 1. The quantitative estimate of drug-likeness (QED) is 0.473. The van der Waals surface area contributed by atoms with Crippen molar-refractivity contribution >= 4 is 49.4 Å². The standard InChI is InChI=1S/C8H6Br2N2O3/c1-5(13)11(10)8-6(9)3-2-4-7(8)12(14)15/h2-4H,1H3. The van der Waals surface area contributed by atoms with Crippen molar-refractivity contribution in [3.8, 4) is 0 Å². The van der Waals surface area contributed by atoms with Gasteiger partial charge in [-0.15, -0.1) is 0 Å². The first-order valence-electron chi connectivity index (χ1n) is 3.84. The number of hydrogen-bond donors (Lipinski definition) is 0. The lowest BCUT2D eigenvalue weighted by Gasteiger charge is -2.13. The Hall–Kier alpha value is -0.950. The van der Waals surface area contributed by atoms with Crippen LogP contribution in [0.3, 0.4) is 0 Å². The van der Waals surface area contributed by atoms with E-state index >= 15 is 0 Å². The molecule has 0 saturated heterocycles. The third-order valence-electron chi connectivity index (χ3n) is 1.63. The van der Waals surface area contributed by atoms with E-state index in [-0.39, 0.29) is 17.3 Å². The fourth-order valence-electron chi connectivity index (χ4n) is 1.00. The number of carbonyl (C=O) groups is 1. The first kappa shape index (κ1) is 12.1. The van der Waals surface area contributed by atoms with Gasteiger partial charge < -0.3 is 0 Å². The first-order chi connectivity index (χ1) is 6.95. The van der Waals surface area contributed by atoms with Crippen LogP contribution >= 0.6 is 32.1 Å². The highest BCUT2D eigenvalue weighted by molar-refractivity contribution is 9.11. The van der Waals surface area contributed by atoms with Crippen molar-refractivity contribution in [1.82, 2.24) is 0 Å². The van der Waals surface area contributed by atoms with Crippen molar-refractivity contribution in [2.45, 2.75) is 6.92 Å². The summed E-state index contributed by atoms with van der Waals surface area (Å²) in [6.07, 6.45) is 0. The molecule has 0 atom stereocenters. The molecule has 1 aromatic rings. The third-order valence-corrected chi connectivity index (χ3v) is 3.13. The molecule has 5 nitrogen and oxygen atoms in total. The maximum absolute atomic E-state index is 11.1. The predicted molar refractivity (Wildman–Crippen MR) is 62.9 cm³/mol. The second-order valence-electron chi connectivity index (χ2n) is 2.66. The highest BCUT2D eigenvalue weighted by Crippen LogP contribution is 2.37. The SMILES string of the molecule is CC(=O)N(Br)c1c(Br)cccc1[N+](=O)[O-]. The van der Waals surface area contributed by atoms with Crippen LogP contribution in [0.15, 0.2) is 22.7 Å². The number of para-hydroxylation sites is 1. The van der Waals surface area contributed by atoms with Gasteiger partial charge in [0.15, 0.2) is 0 Å². The molecule has 1 rings (SSSR count). The Kier molecular flexibility index (Phi) is 3.81. The predicted octanol–water partition coefficient (Wildman–Crippen LogP) is 3.02. The monoisotopic (exact) mass is 336 g/mol. The van der Waals surface area contributed by atoms with Crippen molar-refractivity contribution in [1.29, 1.82) is 0 Å². The third kappa shape index (κ3) is 2.54. The van der Waals surface area contributed by atoms with Crippen molar-refractivity contribution < 1.29 is 9.72 Å². The number of nitro benzene ring substituents is 1. The van der Waals surface area contributed by atoms with Crippen LogP contribution in [0, 0.1) is 10.1 Å². The van der Waals surface area contributed by atoms with Gasteiger partial charge in [0.1, 0.15) is 5.69 Å². The Bertz CT molecular complexity index is 422. The van der Waals surface area contributed by atoms with E-state index in [9.17, 15) is 14.9 Å². The average molecular weight is 338 g/mol. The number of amides is 1. The van der Waals surface area contributed by atoms with Gasteiger partial charge in [-0.2, -0.15) is 0 Å². The second kappa shape index (κ2) is 4.71. The summed E-state index contributed by atoms with van der Waals surface area (Å²) in [6, 6.07) is 4.49. The molecular weight excluding hydrogens is 332 g/mol. The molecule has 0 unspecified atom stereocenters. The fourth-order valence-corrected chi connectivity index (χ4v) is 2.15. The molecule has 0 aliphatic rings. The van der Waals surface area contributed by atoms with Crippen LogP contribution in [0.1, 0.15) is 6.92 Å². The zero-order valence-electron chi connectivity index (χ0n) is 7.61. The first-order valence-corrected chi connectivity index (χ1v) is 5.34. The molecule has 0 aromatic heterocycles. The topological polar surface area (TPSA) is 63.5 Å². The van der Waals surface area contributed by atoms with Crippen LogP contribution in [0.25, 0.3) is 0 Å². The molecule has 0 heterocycles. The molecule has 0 aliphatic heterocycles. The minimum absolute atomic E-state index is 0.142. The lowest BCUT2D eigenvalue weighted by molar-refractivity contribution is -0.384. The van der Waals surface area contributed by atoms with E-state index < -0.39 is 4.92 Å². The highest BCUT2D eigenvalue weighted by Gasteiger charge is 2.23. The molecule has 80 valence electrons. The lowest BCUT2D eigenvalue weighted by atomic mass is 10.2. The zero-order chi connectivity index (χ0) is 11.6. The van der Waals surface area contributed by atoms with Crippen molar-refractivity contribution in [2.24, 2.45) is 0 Å². The smallest absolute Gasteiger partial charge is 0.274 e. The van der Waals surface area contributed by atoms with Gasteiger partial charge in [-0.3, -0.25) is 14.9 Å². The van der Waals surface area contributed by atoms with Gasteiger partial charge >= 0.3 is 0 Å². The number of hydrogen-bond acceptors (Lipinski definition) is 3. The summed E-state index contributed by atoms with van der Waals surface area (Å²) in [7, 11) is 0. The van der Waals surface area contributed by atoms with Crippen LogP contribution in [-0.2, 0) is 4.79 Å². The van der Waals surface area contributed by atoms with Crippen LogP contribution in [-0.4, -0.2) is 10.8 Å². The minimum Gasteiger partial charge on any atom is -0.274 e. The van der Waals surface area contributed by atoms with Crippen molar-refractivity contribution in [3.63, 3.8) is 0 Å². The van der Waals surface area contributed by atoms with E-state index in [0.29, 0.717) is 4.47 Å². The Morgan fingerprint density at radius 1 is 1.53 bits per heavy atom. The minimum atomic E-state index is -0.544. The number of carbonyl (C=O) groups excluding carboxylic acids is 1. The normalized spacial score (nSPS) is 9.80. The molecular formula is C8H6Br2N2O3. The molecule has 1 aromatic carbocycles. The van der Waals surface area contributed by atoms with E-state index in [4.69, 9.17) is 0 Å². The molecule has 0 bridgehead atoms. The summed E-state index contributed by atoms with van der Waals surface area (Å²) >= 11 is 6.13. The Labute approximate surface area is 103 Å². The summed E-state index contributed by atoms with van der Waals surface area (Å²) < 4.78 is 1.53. The largest absolute Gasteiger partial charge is 0.294 e. The molecule has 0 aliphatic carbocycles. The Balaban J connectivity index is 3.37. The molecule has 0 N–H and O–H groups in total. The summed E-state index contributed by atoms with van der Waals surface area (Å²) in [4.78, 5) is 21.3. The van der Waals surface area contributed by atoms with Crippen LogP contribution in [0.4, 0.5) is 11.4 Å². The summed E-state index contributed by atoms with van der Waals surface area (Å²) in [5.41, 5.74) is 0.0476. The van der Waals surface area contributed by atoms with Gasteiger partial charge in [-0.05, 0) is 22.0 Å². The van der Waals surface area contributed by atoms with Gasteiger partial charge in [0.05, 0.1) is 21.1 Å². The zero-order valence-corrected chi connectivity index (χ0v) is 10.8.